The van der Waals surface area contributed by atoms with Gasteiger partial charge in [0.2, 0.25) is 0 Å². The number of hydrogen-bond acceptors (Lipinski definition) is 5. The molecule has 0 atom stereocenters. The molecule has 0 amide bonds. The van der Waals surface area contributed by atoms with Crippen LogP contribution < -0.4 is 20.0 Å². The molecule has 2 heterocycles. The van der Waals surface area contributed by atoms with Gasteiger partial charge in [0.15, 0.2) is 6.73 Å². The third-order valence-corrected chi connectivity index (χ3v) is 6.01. The number of nitrogens with zero attached hydrogens (tertiary/aromatic N) is 1. The SMILES string of the molecule is CCOc1ccc(N2COc3c(cc4c5c(c(=O)oc4c3C)CCCC5)C2)cc1. The number of benzene rings is 2. The number of aryl methyl sites for hydroxylation is 2. The van der Waals surface area contributed by atoms with Crippen LogP contribution in [-0.2, 0) is 19.4 Å². The van der Waals surface area contributed by atoms with Crippen LogP contribution in [0, 0.1) is 6.92 Å². The average molecular weight is 391 g/mol. The maximum atomic E-state index is 12.5. The number of ether oxygens (including phenoxy) is 2. The Labute approximate surface area is 169 Å². The molecule has 5 heteroatoms. The van der Waals surface area contributed by atoms with E-state index in [2.05, 4.69) is 23.1 Å². The van der Waals surface area contributed by atoms with Crippen LogP contribution in [0.25, 0.3) is 11.0 Å². The van der Waals surface area contributed by atoms with E-state index in [0.29, 0.717) is 18.9 Å². The molecule has 1 aliphatic heterocycles. The van der Waals surface area contributed by atoms with Crippen molar-refractivity contribution in [3.05, 3.63) is 63.0 Å². The van der Waals surface area contributed by atoms with Crippen molar-refractivity contribution in [1.29, 1.82) is 0 Å². The maximum Gasteiger partial charge on any atom is 0.339 e. The largest absolute Gasteiger partial charge is 0.494 e. The smallest absolute Gasteiger partial charge is 0.339 e. The first-order valence-electron chi connectivity index (χ1n) is 10.4. The molecule has 0 saturated heterocycles. The van der Waals surface area contributed by atoms with Crippen LogP contribution in [0.3, 0.4) is 0 Å². The Balaban J connectivity index is 1.55. The van der Waals surface area contributed by atoms with E-state index >= 15 is 0 Å². The van der Waals surface area contributed by atoms with Crippen molar-refractivity contribution in [2.45, 2.75) is 46.1 Å². The highest BCUT2D eigenvalue weighted by Crippen LogP contribution is 2.38. The lowest BCUT2D eigenvalue weighted by Gasteiger charge is -2.32. The molecule has 5 nitrogen and oxygen atoms in total. The zero-order valence-corrected chi connectivity index (χ0v) is 16.9. The van der Waals surface area contributed by atoms with E-state index in [9.17, 15) is 4.79 Å². The van der Waals surface area contributed by atoms with Gasteiger partial charge in [0.1, 0.15) is 17.1 Å². The third-order valence-electron chi connectivity index (χ3n) is 6.01. The van der Waals surface area contributed by atoms with Crippen molar-refractivity contribution in [3.8, 4) is 11.5 Å². The van der Waals surface area contributed by atoms with Gasteiger partial charge in [-0.05, 0) is 75.4 Å². The molecule has 0 fully saturated rings. The molecule has 5 rings (SSSR count). The molecule has 29 heavy (non-hydrogen) atoms. The van der Waals surface area contributed by atoms with Crippen LogP contribution in [0.1, 0.15) is 42.0 Å². The van der Waals surface area contributed by atoms with Crippen LogP contribution in [0.5, 0.6) is 11.5 Å². The first-order valence-corrected chi connectivity index (χ1v) is 10.4. The van der Waals surface area contributed by atoms with Crippen molar-refractivity contribution < 1.29 is 13.9 Å². The van der Waals surface area contributed by atoms with E-state index in [1.54, 1.807) is 0 Å². The fourth-order valence-electron chi connectivity index (χ4n) is 4.59. The van der Waals surface area contributed by atoms with Gasteiger partial charge in [0.05, 0.1) is 6.61 Å². The number of rotatable bonds is 3. The number of hydrogen-bond donors (Lipinski definition) is 0. The highest BCUT2D eigenvalue weighted by molar-refractivity contribution is 5.87. The summed E-state index contributed by atoms with van der Waals surface area (Å²) in [5.41, 5.74) is 5.70. The van der Waals surface area contributed by atoms with Gasteiger partial charge in [-0.1, -0.05) is 0 Å². The molecule has 0 saturated carbocycles. The van der Waals surface area contributed by atoms with Crippen LogP contribution in [-0.4, -0.2) is 13.3 Å². The molecule has 3 aromatic rings. The molecule has 1 aromatic heterocycles. The lowest BCUT2D eigenvalue weighted by atomic mass is 9.89. The molecule has 2 aliphatic rings. The summed E-state index contributed by atoms with van der Waals surface area (Å²) < 4.78 is 17.4. The number of fused-ring (bicyclic) bond motifs is 4. The van der Waals surface area contributed by atoms with Crippen molar-refractivity contribution in [2.75, 3.05) is 18.2 Å². The Hall–Kier alpha value is -2.95. The molecule has 0 radical (unpaired) electrons. The Bertz CT molecular complexity index is 1130. The van der Waals surface area contributed by atoms with Gasteiger partial charge >= 0.3 is 5.63 Å². The highest BCUT2D eigenvalue weighted by atomic mass is 16.5. The van der Waals surface area contributed by atoms with E-state index < -0.39 is 0 Å². The molecular formula is C24H25NO4. The first-order chi connectivity index (χ1) is 14.2. The van der Waals surface area contributed by atoms with E-state index in [1.807, 2.05) is 26.0 Å². The van der Waals surface area contributed by atoms with Crippen molar-refractivity contribution >= 4 is 16.7 Å². The maximum absolute atomic E-state index is 12.5. The third kappa shape index (κ3) is 3.05. The Kier molecular flexibility index (Phi) is 4.46. The molecule has 150 valence electrons. The average Bonchev–Trinajstić information content (AvgIpc) is 2.75. The zero-order valence-electron chi connectivity index (χ0n) is 16.9. The van der Waals surface area contributed by atoms with Crippen molar-refractivity contribution in [3.63, 3.8) is 0 Å². The van der Waals surface area contributed by atoms with Gasteiger partial charge in [0, 0.05) is 34.3 Å². The minimum absolute atomic E-state index is 0.179. The van der Waals surface area contributed by atoms with E-state index in [1.165, 1.54) is 5.56 Å². The van der Waals surface area contributed by atoms with Crippen molar-refractivity contribution in [2.24, 2.45) is 0 Å². The molecule has 0 spiro atoms. The molecule has 0 N–H and O–H groups in total. The van der Waals surface area contributed by atoms with Gasteiger partial charge in [-0.2, -0.15) is 0 Å². The summed E-state index contributed by atoms with van der Waals surface area (Å²) in [5, 5.41) is 1.08. The summed E-state index contributed by atoms with van der Waals surface area (Å²) in [6, 6.07) is 10.3. The summed E-state index contributed by atoms with van der Waals surface area (Å²) in [6.45, 7) is 5.85. The van der Waals surface area contributed by atoms with E-state index in [-0.39, 0.29) is 5.63 Å². The second-order valence-corrected chi connectivity index (χ2v) is 7.82. The lowest BCUT2D eigenvalue weighted by Crippen LogP contribution is -2.32. The highest BCUT2D eigenvalue weighted by Gasteiger charge is 2.25. The zero-order chi connectivity index (χ0) is 20.0. The summed E-state index contributed by atoms with van der Waals surface area (Å²) in [5.74, 6) is 1.72. The molecule has 0 bridgehead atoms. The quantitative estimate of drug-likeness (QED) is 0.604. The Morgan fingerprint density at radius 1 is 1.10 bits per heavy atom. The first kappa shape index (κ1) is 18.1. The molecule has 2 aromatic carbocycles. The predicted molar refractivity (Wildman–Crippen MR) is 113 cm³/mol. The normalized spacial score (nSPS) is 15.6. The van der Waals surface area contributed by atoms with Gasteiger partial charge < -0.3 is 18.8 Å². The van der Waals surface area contributed by atoms with E-state index in [4.69, 9.17) is 13.9 Å². The summed E-state index contributed by atoms with van der Waals surface area (Å²) in [6.07, 6.45) is 3.94. The second kappa shape index (κ2) is 7.14. The van der Waals surface area contributed by atoms with Crippen LogP contribution >= 0.6 is 0 Å². The summed E-state index contributed by atoms with van der Waals surface area (Å²) >= 11 is 0. The predicted octanol–water partition coefficient (Wildman–Crippen LogP) is 4.74. The molecule has 1 aliphatic carbocycles. The van der Waals surface area contributed by atoms with Crippen LogP contribution in [0.2, 0.25) is 0 Å². The number of anilines is 1. The standard InChI is InChI=1S/C24H25NO4/c1-3-27-18-10-8-17(9-11-18)25-13-16-12-21-19-6-4-5-7-20(19)24(26)29-23(21)15(2)22(16)28-14-25/h8-12H,3-7,13-14H2,1-2H3. The Morgan fingerprint density at radius 2 is 1.86 bits per heavy atom. The second-order valence-electron chi connectivity index (χ2n) is 7.82. The minimum atomic E-state index is -0.179. The van der Waals surface area contributed by atoms with Gasteiger partial charge in [-0.25, -0.2) is 4.79 Å². The fourth-order valence-corrected chi connectivity index (χ4v) is 4.59. The lowest BCUT2D eigenvalue weighted by molar-refractivity contribution is 0.287. The minimum Gasteiger partial charge on any atom is -0.494 e. The molecule has 0 unspecified atom stereocenters. The monoisotopic (exact) mass is 391 g/mol. The topological polar surface area (TPSA) is 51.9 Å². The Morgan fingerprint density at radius 3 is 2.62 bits per heavy atom. The summed E-state index contributed by atoms with van der Waals surface area (Å²) in [7, 11) is 0. The summed E-state index contributed by atoms with van der Waals surface area (Å²) in [4.78, 5) is 14.7. The van der Waals surface area contributed by atoms with Gasteiger partial charge in [0.25, 0.3) is 0 Å². The van der Waals surface area contributed by atoms with Gasteiger partial charge in [-0.15, -0.1) is 0 Å². The molecular weight excluding hydrogens is 366 g/mol. The fraction of sp³-hybridized carbons (Fsp3) is 0.375. The van der Waals surface area contributed by atoms with Crippen LogP contribution in [0.4, 0.5) is 5.69 Å². The van der Waals surface area contributed by atoms with Gasteiger partial charge in [-0.3, -0.25) is 0 Å². The van der Waals surface area contributed by atoms with E-state index in [0.717, 1.165) is 71.5 Å². The van der Waals surface area contributed by atoms with Crippen LogP contribution in [0.15, 0.2) is 39.5 Å². The van der Waals surface area contributed by atoms with Crippen molar-refractivity contribution in [1.82, 2.24) is 0 Å².